The summed E-state index contributed by atoms with van der Waals surface area (Å²) in [6.07, 6.45) is 3.14. The Morgan fingerprint density at radius 2 is 2.00 bits per heavy atom. The summed E-state index contributed by atoms with van der Waals surface area (Å²) in [6.45, 7) is 3.95. The molecule has 1 aromatic rings. The first-order valence-electron chi connectivity index (χ1n) is 5.86. The zero-order valence-electron chi connectivity index (χ0n) is 10.2. The Hall–Kier alpha value is -1.26. The number of benzene rings is 1. The number of rotatable bonds is 5. The molecular formula is C15H20O. The number of aryl methyl sites for hydroxylation is 2. The maximum Gasteiger partial charge on any atom is 0.0552 e. The van der Waals surface area contributed by atoms with Crippen LogP contribution in [-0.2, 0) is 6.42 Å². The maximum absolute atomic E-state index is 9.76. The van der Waals surface area contributed by atoms with Crippen LogP contribution < -0.4 is 0 Å². The first-order valence-corrected chi connectivity index (χ1v) is 5.86. The first-order chi connectivity index (χ1) is 7.74. The van der Waals surface area contributed by atoms with Crippen molar-refractivity contribution in [1.29, 1.82) is 0 Å². The Bertz CT molecular complexity index is 371. The highest BCUT2D eigenvalue weighted by atomic mass is 16.3. The molecule has 0 aliphatic rings. The average molecular weight is 216 g/mol. The van der Waals surface area contributed by atoms with E-state index in [1.54, 1.807) is 0 Å². The molecule has 0 bridgehead atoms. The largest absolute Gasteiger partial charge is 0.393 e. The number of aliphatic hydroxyl groups is 1. The average Bonchev–Trinajstić information content (AvgIpc) is 2.28. The minimum absolute atomic E-state index is 0.222. The molecule has 1 aromatic carbocycles. The molecule has 0 spiro atoms. The zero-order valence-corrected chi connectivity index (χ0v) is 10.2. The van der Waals surface area contributed by atoms with Crippen LogP contribution in [0.1, 0.15) is 37.3 Å². The molecule has 0 saturated carbocycles. The molecule has 1 atom stereocenters. The molecule has 1 N–H and O–H groups in total. The van der Waals surface area contributed by atoms with Crippen molar-refractivity contribution in [2.75, 3.05) is 0 Å². The fourth-order valence-corrected chi connectivity index (χ4v) is 1.72. The molecule has 16 heavy (non-hydrogen) atoms. The minimum Gasteiger partial charge on any atom is -0.393 e. The van der Waals surface area contributed by atoms with Gasteiger partial charge in [0.2, 0.25) is 0 Å². The summed E-state index contributed by atoms with van der Waals surface area (Å²) in [5.41, 5.74) is 2.64. The Balaban J connectivity index is 2.33. The van der Waals surface area contributed by atoms with E-state index in [2.05, 4.69) is 37.0 Å². The van der Waals surface area contributed by atoms with E-state index in [9.17, 15) is 5.11 Å². The highest BCUT2D eigenvalue weighted by molar-refractivity contribution is 5.25. The summed E-state index contributed by atoms with van der Waals surface area (Å²) < 4.78 is 0. The standard InChI is InChI=1S/C15H20O/c1-3-4-5-10-15(16)12-11-14-9-7-6-8-13(14)2/h6-9,15-16H,5,10-12H2,1-2H3. The van der Waals surface area contributed by atoms with Crippen LogP contribution >= 0.6 is 0 Å². The van der Waals surface area contributed by atoms with Gasteiger partial charge in [-0.3, -0.25) is 0 Å². The lowest BCUT2D eigenvalue weighted by molar-refractivity contribution is 0.156. The Kier molecular flexibility index (Phi) is 5.67. The molecule has 86 valence electrons. The van der Waals surface area contributed by atoms with E-state index in [4.69, 9.17) is 0 Å². The third-order valence-corrected chi connectivity index (χ3v) is 2.79. The van der Waals surface area contributed by atoms with E-state index in [0.717, 1.165) is 25.7 Å². The van der Waals surface area contributed by atoms with Gasteiger partial charge >= 0.3 is 0 Å². The van der Waals surface area contributed by atoms with E-state index >= 15 is 0 Å². The fraction of sp³-hybridized carbons (Fsp3) is 0.467. The monoisotopic (exact) mass is 216 g/mol. The quantitative estimate of drug-likeness (QED) is 0.750. The molecule has 1 nitrogen and oxygen atoms in total. The van der Waals surface area contributed by atoms with E-state index in [-0.39, 0.29) is 6.10 Å². The summed E-state index contributed by atoms with van der Waals surface area (Å²) in [6, 6.07) is 8.35. The molecule has 0 fully saturated rings. The van der Waals surface area contributed by atoms with Gasteiger partial charge in [-0.25, -0.2) is 0 Å². The zero-order chi connectivity index (χ0) is 11.8. The molecule has 0 heterocycles. The number of hydrogen-bond acceptors (Lipinski definition) is 1. The van der Waals surface area contributed by atoms with Crippen LogP contribution in [-0.4, -0.2) is 11.2 Å². The Morgan fingerprint density at radius 3 is 2.69 bits per heavy atom. The van der Waals surface area contributed by atoms with Crippen LogP contribution in [0.25, 0.3) is 0 Å². The smallest absolute Gasteiger partial charge is 0.0552 e. The highest BCUT2D eigenvalue weighted by Gasteiger charge is 2.04. The molecule has 1 rings (SSSR count). The van der Waals surface area contributed by atoms with Crippen molar-refractivity contribution < 1.29 is 5.11 Å². The highest BCUT2D eigenvalue weighted by Crippen LogP contribution is 2.12. The van der Waals surface area contributed by atoms with Gasteiger partial charge < -0.3 is 5.11 Å². The van der Waals surface area contributed by atoms with E-state index in [0.29, 0.717) is 0 Å². The van der Waals surface area contributed by atoms with Crippen molar-refractivity contribution >= 4 is 0 Å². The van der Waals surface area contributed by atoms with Crippen molar-refractivity contribution in [3.63, 3.8) is 0 Å². The van der Waals surface area contributed by atoms with Crippen LogP contribution in [0.3, 0.4) is 0 Å². The van der Waals surface area contributed by atoms with Gasteiger partial charge in [-0.1, -0.05) is 24.3 Å². The second kappa shape index (κ2) is 7.09. The van der Waals surface area contributed by atoms with Crippen LogP contribution in [0.5, 0.6) is 0 Å². The van der Waals surface area contributed by atoms with Gasteiger partial charge in [0, 0.05) is 6.42 Å². The third kappa shape index (κ3) is 4.51. The van der Waals surface area contributed by atoms with Crippen LogP contribution in [0, 0.1) is 18.8 Å². The lowest BCUT2D eigenvalue weighted by Crippen LogP contribution is -2.07. The normalized spacial score (nSPS) is 11.7. The summed E-state index contributed by atoms with van der Waals surface area (Å²) in [4.78, 5) is 0. The second-order valence-corrected chi connectivity index (χ2v) is 4.08. The van der Waals surface area contributed by atoms with Crippen molar-refractivity contribution in [2.24, 2.45) is 0 Å². The summed E-state index contributed by atoms with van der Waals surface area (Å²) in [5.74, 6) is 5.82. The van der Waals surface area contributed by atoms with Crippen molar-refractivity contribution in [3.8, 4) is 11.8 Å². The summed E-state index contributed by atoms with van der Waals surface area (Å²) >= 11 is 0. The number of aliphatic hydroxyl groups excluding tert-OH is 1. The summed E-state index contributed by atoms with van der Waals surface area (Å²) in [7, 11) is 0. The predicted octanol–water partition coefficient (Wildman–Crippen LogP) is 3.09. The third-order valence-electron chi connectivity index (χ3n) is 2.79. The second-order valence-electron chi connectivity index (χ2n) is 4.08. The lowest BCUT2D eigenvalue weighted by Gasteiger charge is -2.10. The Morgan fingerprint density at radius 1 is 1.25 bits per heavy atom. The van der Waals surface area contributed by atoms with Gasteiger partial charge in [-0.2, -0.15) is 0 Å². The van der Waals surface area contributed by atoms with Gasteiger partial charge in [-0.05, 0) is 44.2 Å². The van der Waals surface area contributed by atoms with Gasteiger partial charge in [0.25, 0.3) is 0 Å². The molecular weight excluding hydrogens is 196 g/mol. The van der Waals surface area contributed by atoms with Crippen molar-refractivity contribution in [2.45, 2.75) is 45.6 Å². The lowest BCUT2D eigenvalue weighted by atomic mass is 10.0. The van der Waals surface area contributed by atoms with Crippen molar-refractivity contribution in [1.82, 2.24) is 0 Å². The summed E-state index contributed by atoms with van der Waals surface area (Å²) in [5, 5.41) is 9.76. The molecule has 0 radical (unpaired) electrons. The van der Waals surface area contributed by atoms with Crippen LogP contribution in [0.2, 0.25) is 0 Å². The molecule has 1 heteroatoms. The van der Waals surface area contributed by atoms with Crippen LogP contribution in [0.4, 0.5) is 0 Å². The van der Waals surface area contributed by atoms with Gasteiger partial charge in [0.15, 0.2) is 0 Å². The van der Waals surface area contributed by atoms with Gasteiger partial charge in [0.1, 0.15) is 0 Å². The van der Waals surface area contributed by atoms with E-state index in [1.165, 1.54) is 11.1 Å². The molecule has 0 aliphatic heterocycles. The predicted molar refractivity (Wildman–Crippen MR) is 68.2 cm³/mol. The van der Waals surface area contributed by atoms with Gasteiger partial charge in [-0.15, -0.1) is 11.8 Å². The minimum atomic E-state index is -0.222. The molecule has 0 aliphatic carbocycles. The van der Waals surface area contributed by atoms with E-state index in [1.807, 2.05) is 13.0 Å². The first kappa shape index (κ1) is 12.8. The maximum atomic E-state index is 9.76. The van der Waals surface area contributed by atoms with Crippen LogP contribution in [0.15, 0.2) is 24.3 Å². The molecule has 0 aromatic heterocycles. The molecule has 1 unspecified atom stereocenters. The molecule has 0 amide bonds. The fourth-order valence-electron chi connectivity index (χ4n) is 1.72. The number of hydrogen-bond donors (Lipinski definition) is 1. The van der Waals surface area contributed by atoms with Gasteiger partial charge in [0.05, 0.1) is 6.10 Å². The Labute approximate surface area is 98.5 Å². The SMILES string of the molecule is CC#CCCC(O)CCc1ccccc1C. The van der Waals surface area contributed by atoms with Crippen molar-refractivity contribution in [3.05, 3.63) is 35.4 Å². The topological polar surface area (TPSA) is 20.2 Å². The van der Waals surface area contributed by atoms with E-state index < -0.39 is 0 Å². The molecule has 0 saturated heterocycles.